The summed E-state index contributed by atoms with van der Waals surface area (Å²) in [5, 5.41) is 9.59. The number of hydrogen-bond acceptors (Lipinski definition) is 6. The van der Waals surface area contributed by atoms with Crippen molar-refractivity contribution in [3.8, 4) is 0 Å². The first-order valence-electron chi connectivity index (χ1n) is 20.0. The topological polar surface area (TPSA) is 99.1 Å². The molecule has 0 aromatic heterocycles. The van der Waals surface area contributed by atoms with Gasteiger partial charge < -0.3 is 23.8 Å². The van der Waals surface area contributed by atoms with Crippen molar-refractivity contribution in [2.24, 2.45) is 0 Å². The first-order chi connectivity index (χ1) is 26.1. The van der Waals surface area contributed by atoms with E-state index in [-0.39, 0.29) is 42.7 Å². The van der Waals surface area contributed by atoms with Crippen molar-refractivity contribution in [2.75, 3.05) is 41.0 Å². The zero-order valence-corrected chi connectivity index (χ0v) is 34.1. The number of carboxylic acids is 1. The molecule has 0 aromatic rings. The van der Waals surface area contributed by atoms with Gasteiger partial charge in [0, 0.05) is 19.3 Å². The van der Waals surface area contributed by atoms with Gasteiger partial charge in [0.15, 0.2) is 12.1 Å². The van der Waals surface area contributed by atoms with Crippen molar-refractivity contribution < 1.29 is 38.2 Å². The Morgan fingerprint density at radius 1 is 0.574 bits per heavy atom. The number of esters is 2. The van der Waals surface area contributed by atoms with E-state index in [0.29, 0.717) is 19.3 Å². The van der Waals surface area contributed by atoms with Crippen molar-refractivity contribution in [3.05, 3.63) is 109 Å². The first-order valence-corrected chi connectivity index (χ1v) is 20.0. The van der Waals surface area contributed by atoms with E-state index in [2.05, 4.69) is 50.3 Å². The van der Waals surface area contributed by atoms with Crippen LogP contribution in [0.25, 0.3) is 0 Å². The summed E-state index contributed by atoms with van der Waals surface area (Å²) in [6.45, 7) is 4.41. The number of allylic oxidation sites excluding steroid dienone is 18. The second-order valence-corrected chi connectivity index (χ2v) is 14.0. The molecule has 0 aliphatic heterocycles. The van der Waals surface area contributed by atoms with Crippen LogP contribution in [0.2, 0.25) is 0 Å². The second kappa shape index (κ2) is 36.0. The number of unbranched alkanes of at least 4 members (excludes halogenated alkanes) is 8. The average Bonchev–Trinajstić information content (AvgIpc) is 3.12. The van der Waals surface area contributed by atoms with Gasteiger partial charge in [0.2, 0.25) is 0 Å². The van der Waals surface area contributed by atoms with Crippen LogP contribution in [0.1, 0.15) is 110 Å². The molecule has 0 rings (SSSR count). The minimum atomic E-state index is -0.894. The maximum absolute atomic E-state index is 12.7. The summed E-state index contributed by atoms with van der Waals surface area (Å²) >= 11 is 0. The van der Waals surface area contributed by atoms with E-state index < -0.39 is 18.1 Å². The number of rotatable bonds is 33. The molecule has 54 heavy (non-hydrogen) atoms. The normalized spacial score (nSPS) is 14.2. The van der Waals surface area contributed by atoms with Crippen molar-refractivity contribution in [3.63, 3.8) is 0 Å². The lowest BCUT2D eigenvalue weighted by atomic mass is 10.1. The van der Waals surface area contributed by atoms with Crippen molar-refractivity contribution in [1.82, 2.24) is 0 Å². The molecule has 0 amide bonds. The highest BCUT2D eigenvalue weighted by Gasteiger charge is 2.31. The van der Waals surface area contributed by atoms with Crippen LogP contribution in [0.5, 0.6) is 0 Å². The molecule has 0 bridgehead atoms. The molecule has 0 spiro atoms. The number of hydrogen-bond donors (Lipinski definition) is 1. The van der Waals surface area contributed by atoms with Crippen LogP contribution in [0, 0.1) is 0 Å². The van der Waals surface area contributed by atoms with Gasteiger partial charge in [0.05, 0.1) is 34.4 Å². The summed E-state index contributed by atoms with van der Waals surface area (Å²) in [6.07, 6.45) is 48.5. The molecule has 2 unspecified atom stereocenters. The number of nitrogens with zero attached hydrogens (tertiary/aromatic N) is 1. The third-order valence-corrected chi connectivity index (χ3v) is 8.13. The van der Waals surface area contributed by atoms with E-state index in [1.54, 1.807) is 0 Å². The zero-order valence-electron chi connectivity index (χ0n) is 34.1. The summed E-state index contributed by atoms with van der Waals surface area (Å²) in [6, 6.07) is -0.634. The van der Waals surface area contributed by atoms with E-state index >= 15 is 0 Å². The number of ether oxygens (including phenoxy) is 3. The largest absolute Gasteiger partial charge is 0.477 e. The monoisotopic (exact) mass is 751 g/mol. The zero-order chi connectivity index (χ0) is 40.0. The fourth-order valence-corrected chi connectivity index (χ4v) is 4.99. The standard InChI is InChI=1S/C46H71NO7/c1-6-8-10-12-14-16-18-19-20-21-22-23-24-25-27-29-31-33-35-37-45(49)54-42(40-52-39-38-43(46(50)51)47(3,4)5)41-53-44(48)36-34-32-30-28-26-17-15-13-11-9-7-2/h8,10,12-27,42-43H,6-7,9,11,28-41H2,1-5H3/p+1/b10-8+,14-12+,15-13+,18-16+,20-19+,22-21+,24-23+,26-17+,27-25+. The summed E-state index contributed by atoms with van der Waals surface area (Å²) in [4.78, 5) is 36.8. The van der Waals surface area contributed by atoms with Crippen LogP contribution in [-0.4, -0.2) is 80.6 Å². The maximum atomic E-state index is 12.7. The molecule has 0 radical (unpaired) electrons. The van der Waals surface area contributed by atoms with E-state index in [1.165, 1.54) is 12.8 Å². The van der Waals surface area contributed by atoms with Gasteiger partial charge in [-0.05, 0) is 51.4 Å². The van der Waals surface area contributed by atoms with E-state index in [0.717, 1.165) is 57.8 Å². The Hall–Kier alpha value is -4.01. The maximum Gasteiger partial charge on any atom is 0.362 e. The summed E-state index contributed by atoms with van der Waals surface area (Å²) in [5.74, 6) is -1.59. The van der Waals surface area contributed by atoms with Crippen LogP contribution in [0.3, 0.4) is 0 Å². The Morgan fingerprint density at radius 3 is 1.52 bits per heavy atom. The highest BCUT2D eigenvalue weighted by Crippen LogP contribution is 2.11. The molecular formula is C46H72NO7+. The number of quaternary nitrogens is 1. The van der Waals surface area contributed by atoms with Crippen molar-refractivity contribution >= 4 is 17.9 Å². The summed E-state index contributed by atoms with van der Waals surface area (Å²) in [5.41, 5.74) is 0. The lowest BCUT2D eigenvalue weighted by Gasteiger charge is -2.31. The Labute approximate surface area is 328 Å². The number of likely N-dealkylation sites (N-methyl/N-ethyl adjacent to an activating group) is 1. The van der Waals surface area contributed by atoms with Gasteiger partial charge in [-0.3, -0.25) is 9.59 Å². The highest BCUT2D eigenvalue weighted by atomic mass is 16.6. The van der Waals surface area contributed by atoms with Crippen molar-refractivity contribution in [1.29, 1.82) is 0 Å². The average molecular weight is 751 g/mol. The first kappa shape index (κ1) is 50.0. The quantitative estimate of drug-likeness (QED) is 0.0309. The van der Waals surface area contributed by atoms with Gasteiger partial charge in [-0.25, -0.2) is 4.79 Å². The fourth-order valence-electron chi connectivity index (χ4n) is 4.99. The van der Waals surface area contributed by atoms with Crippen molar-refractivity contribution in [2.45, 2.75) is 122 Å². The molecule has 0 fully saturated rings. The number of carbonyl (C=O) groups excluding carboxylic acids is 2. The molecule has 0 saturated heterocycles. The Kier molecular flexibility index (Phi) is 33.3. The minimum Gasteiger partial charge on any atom is -0.477 e. The molecule has 0 aliphatic rings. The van der Waals surface area contributed by atoms with Gasteiger partial charge in [0.25, 0.3) is 0 Å². The van der Waals surface area contributed by atoms with Crippen LogP contribution in [-0.2, 0) is 28.6 Å². The fraction of sp³-hybridized carbons (Fsp3) is 0.543. The van der Waals surface area contributed by atoms with Gasteiger partial charge >= 0.3 is 17.9 Å². The number of carboxylic acid groups (broad SMARTS) is 1. The predicted molar refractivity (Wildman–Crippen MR) is 224 cm³/mol. The van der Waals surface area contributed by atoms with Crippen LogP contribution in [0.4, 0.5) is 0 Å². The smallest absolute Gasteiger partial charge is 0.362 e. The molecule has 1 N–H and O–H groups in total. The Morgan fingerprint density at radius 2 is 1.04 bits per heavy atom. The van der Waals surface area contributed by atoms with Gasteiger partial charge in [0.1, 0.15) is 6.61 Å². The molecular weight excluding hydrogens is 679 g/mol. The summed E-state index contributed by atoms with van der Waals surface area (Å²) < 4.78 is 17.1. The van der Waals surface area contributed by atoms with Gasteiger partial charge in [-0.2, -0.15) is 0 Å². The Bertz CT molecular complexity index is 1240. The SMILES string of the molecule is CC/C=C/C=C/C=C/C=C/C=C/C=C/C=C/CCCCCC(=O)OC(COCCC(C(=O)O)[N+](C)(C)C)COC(=O)CCCCC/C=C/C=C/CCCC. The molecule has 0 heterocycles. The predicted octanol–water partition coefficient (Wildman–Crippen LogP) is 10.5. The molecule has 0 aromatic carbocycles. The molecule has 2 atom stereocenters. The van der Waals surface area contributed by atoms with Gasteiger partial charge in [-0.15, -0.1) is 0 Å². The molecule has 8 nitrogen and oxygen atoms in total. The molecule has 302 valence electrons. The van der Waals surface area contributed by atoms with Crippen LogP contribution < -0.4 is 0 Å². The third kappa shape index (κ3) is 33.8. The molecule has 0 saturated carbocycles. The summed E-state index contributed by atoms with van der Waals surface area (Å²) in [7, 11) is 5.47. The highest BCUT2D eigenvalue weighted by molar-refractivity contribution is 5.72. The third-order valence-electron chi connectivity index (χ3n) is 8.13. The minimum absolute atomic E-state index is 0.0252. The lowest BCUT2D eigenvalue weighted by Crippen LogP contribution is -2.50. The van der Waals surface area contributed by atoms with E-state index in [4.69, 9.17) is 14.2 Å². The second-order valence-electron chi connectivity index (χ2n) is 14.0. The molecule has 8 heteroatoms. The molecule has 0 aliphatic carbocycles. The Balaban J connectivity index is 4.58. The van der Waals surface area contributed by atoms with Gasteiger partial charge in [-0.1, -0.05) is 149 Å². The van der Waals surface area contributed by atoms with Crippen LogP contribution in [0.15, 0.2) is 109 Å². The number of aliphatic carboxylic acids is 1. The van der Waals surface area contributed by atoms with E-state index in [1.807, 2.05) is 94.1 Å². The lowest BCUT2D eigenvalue weighted by molar-refractivity contribution is -0.887. The number of carbonyl (C=O) groups is 3. The van der Waals surface area contributed by atoms with Crippen LogP contribution >= 0.6 is 0 Å². The van der Waals surface area contributed by atoms with E-state index in [9.17, 15) is 19.5 Å².